The second kappa shape index (κ2) is 6.66. The summed E-state index contributed by atoms with van der Waals surface area (Å²) in [4.78, 5) is 14.8. The van der Waals surface area contributed by atoms with Crippen LogP contribution in [0, 0.1) is 5.41 Å². The first-order valence-electron chi connectivity index (χ1n) is 9.07. The van der Waals surface area contributed by atoms with Crippen molar-refractivity contribution in [2.24, 2.45) is 5.41 Å². The van der Waals surface area contributed by atoms with Crippen molar-refractivity contribution in [2.45, 2.75) is 16.2 Å². The van der Waals surface area contributed by atoms with Gasteiger partial charge in [0.05, 0.1) is 16.9 Å². The lowest BCUT2D eigenvalue weighted by molar-refractivity contribution is -0.0121. The molecule has 2 aliphatic rings. The van der Waals surface area contributed by atoms with Crippen LogP contribution in [0.1, 0.15) is 32.8 Å². The number of hydrogen-bond acceptors (Lipinski definition) is 4. The second-order valence-corrected chi connectivity index (χ2v) is 8.73. The number of hydrogen-bond donors (Lipinski definition) is 1. The van der Waals surface area contributed by atoms with E-state index in [1.165, 1.54) is 0 Å². The largest absolute Gasteiger partial charge is 0.492 e. The Kier molecular flexibility index (Phi) is 4.23. The number of halogens is 1. The SMILES string of the molecule is O=C1c2ccccc2OC[C@]12[C@@H](O)c1ccccc1S[C@H]2c1cccc(Cl)c1. The van der Waals surface area contributed by atoms with Crippen molar-refractivity contribution in [2.75, 3.05) is 6.61 Å². The molecule has 140 valence electrons. The van der Waals surface area contributed by atoms with Crippen LogP contribution in [0.15, 0.2) is 77.7 Å². The summed E-state index contributed by atoms with van der Waals surface area (Å²) in [6, 6.07) is 22.4. The quantitative estimate of drug-likeness (QED) is 0.579. The van der Waals surface area contributed by atoms with Gasteiger partial charge in [-0.15, -0.1) is 11.8 Å². The molecule has 28 heavy (non-hydrogen) atoms. The molecule has 0 saturated carbocycles. The first-order valence-corrected chi connectivity index (χ1v) is 10.3. The molecule has 1 spiro atoms. The van der Waals surface area contributed by atoms with Gasteiger partial charge in [0.25, 0.3) is 0 Å². The van der Waals surface area contributed by atoms with E-state index >= 15 is 0 Å². The fourth-order valence-electron chi connectivity index (χ4n) is 4.19. The van der Waals surface area contributed by atoms with E-state index in [9.17, 15) is 9.90 Å². The number of ketones is 1. The summed E-state index contributed by atoms with van der Waals surface area (Å²) in [6.07, 6.45) is -0.977. The standard InChI is InChI=1S/C23H17ClO3S/c24-15-7-5-6-14(12-15)22-23(21(26)17-9-2-4-11-19(17)28-22)13-27-18-10-3-1-8-16(18)20(23)25/h1-12,21-22,26H,13H2/t21-,22-,23+/m0/s1. The number of Topliss-reactive ketones (excluding diaryl/α,β-unsaturated/α-hetero) is 1. The highest BCUT2D eigenvalue weighted by Crippen LogP contribution is 2.62. The van der Waals surface area contributed by atoms with E-state index in [2.05, 4.69) is 0 Å². The second-order valence-electron chi connectivity index (χ2n) is 7.15. The topological polar surface area (TPSA) is 46.5 Å². The third kappa shape index (κ3) is 2.52. The van der Waals surface area contributed by atoms with E-state index in [-0.39, 0.29) is 17.6 Å². The predicted molar refractivity (Wildman–Crippen MR) is 110 cm³/mol. The maximum absolute atomic E-state index is 13.8. The number of rotatable bonds is 1. The van der Waals surface area contributed by atoms with Gasteiger partial charge in [-0.25, -0.2) is 0 Å². The van der Waals surface area contributed by atoms with Gasteiger partial charge < -0.3 is 9.84 Å². The van der Waals surface area contributed by atoms with Crippen molar-refractivity contribution in [3.8, 4) is 5.75 Å². The molecule has 3 aromatic rings. The van der Waals surface area contributed by atoms with E-state index in [0.717, 1.165) is 16.0 Å². The number of ether oxygens (including phenoxy) is 1. The Morgan fingerprint density at radius 3 is 2.68 bits per heavy atom. The maximum Gasteiger partial charge on any atom is 0.180 e. The number of carbonyl (C=O) groups excluding carboxylic acids is 1. The van der Waals surface area contributed by atoms with Crippen molar-refractivity contribution in [1.82, 2.24) is 0 Å². The van der Waals surface area contributed by atoms with Crippen molar-refractivity contribution in [1.29, 1.82) is 0 Å². The first kappa shape index (κ1) is 17.8. The van der Waals surface area contributed by atoms with Crippen LogP contribution in [0.5, 0.6) is 5.75 Å². The van der Waals surface area contributed by atoms with Crippen LogP contribution >= 0.6 is 23.4 Å². The smallest absolute Gasteiger partial charge is 0.180 e. The van der Waals surface area contributed by atoms with E-state index in [1.54, 1.807) is 23.9 Å². The summed E-state index contributed by atoms with van der Waals surface area (Å²) in [7, 11) is 0. The van der Waals surface area contributed by atoms with Crippen LogP contribution in [-0.4, -0.2) is 17.5 Å². The Balaban J connectivity index is 1.74. The first-order chi connectivity index (χ1) is 13.6. The zero-order valence-electron chi connectivity index (χ0n) is 14.8. The molecule has 0 saturated heterocycles. The van der Waals surface area contributed by atoms with E-state index < -0.39 is 11.5 Å². The van der Waals surface area contributed by atoms with E-state index in [1.807, 2.05) is 60.7 Å². The zero-order valence-corrected chi connectivity index (χ0v) is 16.4. The molecule has 0 aliphatic carbocycles. The lowest BCUT2D eigenvalue weighted by Crippen LogP contribution is -2.50. The minimum absolute atomic E-state index is 0.0890. The van der Waals surface area contributed by atoms with Gasteiger partial charge in [0, 0.05) is 9.92 Å². The monoisotopic (exact) mass is 408 g/mol. The minimum Gasteiger partial charge on any atom is -0.492 e. The molecular formula is C23H17ClO3S. The Morgan fingerprint density at radius 1 is 1.04 bits per heavy atom. The summed E-state index contributed by atoms with van der Waals surface area (Å²) < 4.78 is 6.03. The molecule has 5 rings (SSSR count). The van der Waals surface area contributed by atoms with Gasteiger partial charge in [0.1, 0.15) is 17.8 Å². The molecule has 2 aliphatic heterocycles. The molecule has 0 fully saturated rings. The Hall–Kier alpha value is -2.27. The number of aliphatic hydroxyl groups excluding tert-OH is 1. The average molecular weight is 409 g/mol. The van der Waals surface area contributed by atoms with Gasteiger partial charge in [-0.2, -0.15) is 0 Å². The molecule has 0 amide bonds. The highest BCUT2D eigenvalue weighted by molar-refractivity contribution is 7.99. The lowest BCUT2D eigenvalue weighted by atomic mass is 9.68. The number of thioether (sulfide) groups is 1. The number of aliphatic hydroxyl groups is 1. The summed E-state index contributed by atoms with van der Waals surface area (Å²) in [6.45, 7) is 0.114. The molecule has 3 atom stereocenters. The minimum atomic E-state index is -1.13. The number of para-hydroxylation sites is 1. The van der Waals surface area contributed by atoms with Crippen molar-refractivity contribution >= 4 is 29.1 Å². The van der Waals surface area contributed by atoms with Gasteiger partial charge in [-0.05, 0) is 41.5 Å². The molecule has 1 N–H and O–H groups in total. The predicted octanol–water partition coefficient (Wildman–Crippen LogP) is 5.48. The maximum atomic E-state index is 13.8. The summed E-state index contributed by atoms with van der Waals surface area (Å²) >= 11 is 7.84. The van der Waals surface area contributed by atoms with Gasteiger partial charge in [0.2, 0.25) is 0 Å². The Bertz CT molecular complexity index is 1080. The Labute approximate surface area is 172 Å². The van der Waals surface area contributed by atoms with Crippen molar-refractivity contribution in [3.63, 3.8) is 0 Å². The summed E-state index contributed by atoms with van der Waals surface area (Å²) in [5.74, 6) is 0.479. The van der Waals surface area contributed by atoms with Crippen LogP contribution in [0.2, 0.25) is 5.02 Å². The molecule has 5 heteroatoms. The Morgan fingerprint density at radius 2 is 1.82 bits per heavy atom. The van der Waals surface area contributed by atoms with Crippen LogP contribution < -0.4 is 4.74 Å². The fraction of sp³-hybridized carbons (Fsp3) is 0.174. The number of fused-ring (bicyclic) bond motifs is 2. The van der Waals surface area contributed by atoms with Crippen molar-refractivity contribution < 1.29 is 14.6 Å². The van der Waals surface area contributed by atoms with Crippen LogP contribution in [0.3, 0.4) is 0 Å². The van der Waals surface area contributed by atoms with Gasteiger partial charge >= 0.3 is 0 Å². The molecule has 0 radical (unpaired) electrons. The highest BCUT2D eigenvalue weighted by Gasteiger charge is 2.58. The van der Waals surface area contributed by atoms with Gasteiger partial charge in [0.15, 0.2) is 5.78 Å². The summed E-state index contributed by atoms with van der Waals surface area (Å²) in [5, 5.41) is 11.8. The van der Waals surface area contributed by atoms with E-state index in [0.29, 0.717) is 16.3 Å². The van der Waals surface area contributed by atoms with Crippen LogP contribution in [0.4, 0.5) is 0 Å². The highest BCUT2D eigenvalue weighted by atomic mass is 35.5. The van der Waals surface area contributed by atoms with Crippen LogP contribution in [-0.2, 0) is 0 Å². The van der Waals surface area contributed by atoms with Gasteiger partial charge in [-0.1, -0.05) is 54.1 Å². The molecule has 3 nitrogen and oxygen atoms in total. The third-order valence-electron chi connectivity index (χ3n) is 5.59. The fourth-order valence-corrected chi connectivity index (χ4v) is 5.92. The van der Waals surface area contributed by atoms with Gasteiger partial charge in [-0.3, -0.25) is 4.79 Å². The third-order valence-corrected chi connectivity index (χ3v) is 7.38. The number of benzene rings is 3. The number of carbonyl (C=O) groups is 1. The normalized spacial score (nSPS) is 25.7. The summed E-state index contributed by atoms with van der Waals surface area (Å²) in [5.41, 5.74) is 1.06. The lowest BCUT2D eigenvalue weighted by Gasteiger charge is -2.48. The molecule has 0 bridgehead atoms. The molecule has 2 heterocycles. The average Bonchev–Trinajstić information content (AvgIpc) is 2.73. The molecular weight excluding hydrogens is 392 g/mol. The molecule has 3 aromatic carbocycles. The van der Waals surface area contributed by atoms with E-state index in [4.69, 9.17) is 16.3 Å². The van der Waals surface area contributed by atoms with Crippen molar-refractivity contribution in [3.05, 3.63) is 94.5 Å². The zero-order chi connectivity index (χ0) is 19.3. The molecule has 0 aromatic heterocycles. The van der Waals surface area contributed by atoms with Crippen LogP contribution in [0.25, 0.3) is 0 Å². The molecule has 0 unspecified atom stereocenters.